The first-order chi connectivity index (χ1) is 10.9. The van der Waals surface area contributed by atoms with Crippen LogP contribution in [0.3, 0.4) is 0 Å². The molecule has 134 valence electrons. The van der Waals surface area contributed by atoms with Crippen molar-refractivity contribution in [1.82, 2.24) is 4.31 Å². The molecule has 1 fully saturated rings. The lowest BCUT2D eigenvalue weighted by atomic mass is 9.98. The zero-order chi connectivity index (χ0) is 18.3. The van der Waals surface area contributed by atoms with E-state index in [9.17, 15) is 18.3 Å². The van der Waals surface area contributed by atoms with Crippen molar-refractivity contribution in [3.63, 3.8) is 0 Å². The summed E-state index contributed by atoms with van der Waals surface area (Å²) in [5, 5.41) is 12.3. The zero-order valence-electron chi connectivity index (χ0n) is 14.3. The number of carboxylic acid groups (broad SMARTS) is 1. The van der Waals surface area contributed by atoms with Gasteiger partial charge in [-0.15, -0.1) is 0 Å². The van der Waals surface area contributed by atoms with Gasteiger partial charge >= 0.3 is 0 Å². The summed E-state index contributed by atoms with van der Waals surface area (Å²) in [4.78, 5) is 12.0. The second-order valence-electron chi connectivity index (χ2n) is 7.23. The average molecular weight is 375 g/mol. The molecule has 0 bridgehead atoms. The monoisotopic (exact) mass is 374 g/mol. The lowest BCUT2D eigenvalue weighted by Crippen LogP contribution is -2.75. The van der Waals surface area contributed by atoms with Crippen LogP contribution in [0, 0.1) is 0 Å². The first-order valence-corrected chi connectivity index (χ1v) is 9.60. The van der Waals surface area contributed by atoms with Gasteiger partial charge in [-0.2, -0.15) is 4.31 Å². The molecule has 24 heavy (non-hydrogen) atoms. The molecule has 1 unspecified atom stereocenters. The summed E-state index contributed by atoms with van der Waals surface area (Å²) < 4.78 is 26.8. The number of quaternary nitrogens is 1. The highest BCUT2D eigenvalue weighted by Crippen LogP contribution is 2.32. The molecule has 6 nitrogen and oxygen atoms in total. The maximum Gasteiger partial charge on any atom is 0.257 e. The minimum atomic E-state index is -3.70. The maximum absolute atomic E-state index is 12.9. The normalized spacial score (nSPS) is 26.3. The van der Waals surface area contributed by atoms with Crippen molar-refractivity contribution in [1.29, 1.82) is 0 Å². The van der Waals surface area contributed by atoms with Crippen LogP contribution in [-0.4, -0.2) is 54.5 Å². The van der Waals surface area contributed by atoms with E-state index in [-0.39, 0.29) is 29.0 Å². The zero-order valence-corrected chi connectivity index (χ0v) is 15.9. The molecule has 1 saturated heterocycles. The molecule has 0 saturated carbocycles. The molecule has 2 atom stereocenters. The van der Waals surface area contributed by atoms with Crippen LogP contribution < -0.4 is 5.11 Å². The van der Waals surface area contributed by atoms with Gasteiger partial charge in [0.15, 0.2) is 0 Å². The molecule has 1 heterocycles. The van der Waals surface area contributed by atoms with E-state index >= 15 is 0 Å². The first kappa shape index (κ1) is 19.2. The summed E-state index contributed by atoms with van der Waals surface area (Å²) in [6.07, 6.45) is -1.17. The van der Waals surface area contributed by atoms with Gasteiger partial charge in [-0.05, 0) is 52.0 Å². The minimum absolute atomic E-state index is 0.122. The van der Waals surface area contributed by atoms with Crippen LogP contribution in [0.2, 0.25) is 5.02 Å². The summed E-state index contributed by atoms with van der Waals surface area (Å²) in [6.45, 7) is 7.68. The van der Waals surface area contributed by atoms with Crippen molar-refractivity contribution in [3.05, 3.63) is 29.3 Å². The molecule has 2 rings (SSSR count). The second-order valence-corrected chi connectivity index (χ2v) is 9.56. The van der Waals surface area contributed by atoms with Gasteiger partial charge in [0.2, 0.25) is 10.0 Å². The highest BCUT2D eigenvalue weighted by atomic mass is 35.5. The van der Waals surface area contributed by atoms with Gasteiger partial charge in [-0.3, -0.25) is 4.48 Å². The van der Waals surface area contributed by atoms with Crippen LogP contribution in [0.15, 0.2) is 29.2 Å². The standard InChI is InChI=1S/C16H23ClN2O4S/c1-12-11-19(15(20)21,16(2,3)4)10-9-18(12)24(22,23)14-7-5-13(17)6-8-14/h5-8,12H,9-11H2,1-4H3/t12-,19?/m1/s1. The van der Waals surface area contributed by atoms with Gasteiger partial charge in [0.05, 0.1) is 29.6 Å². The number of benzene rings is 1. The number of hydrogen-bond acceptors (Lipinski definition) is 4. The smallest absolute Gasteiger partial charge is 0.257 e. The van der Waals surface area contributed by atoms with Crippen LogP contribution in [0.4, 0.5) is 4.79 Å². The van der Waals surface area contributed by atoms with E-state index in [1.165, 1.54) is 28.6 Å². The van der Waals surface area contributed by atoms with E-state index in [1.54, 1.807) is 6.92 Å². The third-order valence-corrected chi connectivity index (χ3v) is 7.10. The first-order valence-electron chi connectivity index (χ1n) is 7.78. The van der Waals surface area contributed by atoms with E-state index < -0.39 is 27.7 Å². The van der Waals surface area contributed by atoms with Crippen molar-refractivity contribution in [2.24, 2.45) is 0 Å². The van der Waals surface area contributed by atoms with Crippen molar-refractivity contribution in [2.75, 3.05) is 19.6 Å². The van der Waals surface area contributed by atoms with Crippen molar-refractivity contribution in [3.8, 4) is 0 Å². The lowest BCUT2D eigenvalue weighted by molar-refractivity contribution is -0.925. The third-order valence-electron chi connectivity index (χ3n) is 4.82. The molecule has 1 aliphatic heterocycles. The fraction of sp³-hybridized carbons (Fsp3) is 0.562. The summed E-state index contributed by atoms with van der Waals surface area (Å²) >= 11 is 5.82. The maximum atomic E-state index is 12.9. The molecule has 0 spiro atoms. The number of amides is 1. The van der Waals surface area contributed by atoms with E-state index in [2.05, 4.69) is 0 Å². The van der Waals surface area contributed by atoms with E-state index in [0.29, 0.717) is 5.02 Å². The Balaban J connectivity index is 2.34. The molecule has 1 aromatic rings. The Labute approximate surface area is 148 Å². The number of halogens is 1. The summed E-state index contributed by atoms with van der Waals surface area (Å²) in [7, 11) is -3.70. The van der Waals surface area contributed by atoms with Gasteiger partial charge in [-0.25, -0.2) is 8.42 Å². The number of carbonyl (C=O) groups is 1. The molecular formula is C16H23ClN2O4S. The van der Waals surface area contributed by atoms with Crippen LogP contribution in [0.5, 0.6) is 0 Å². The van der Waals surface area contributed by atoms with E-state index in [1.807, 2.05) is 20.8 Å². The highest BCUT2D eigenvalue weighted by Gasteiger charge is 2.49. The van der Waals surface area contributed by atoms with E-state index in [0.717, 1.165) is 0 Å². The van der Waals surface area contributed by atoms with Crippen LogP contribution in [0.25, 0.3) is 0 Å². The molecule has 0 N–H and O–H groups in total. The number of nitrogens with zero attached hydrogens (tertiary/aromatic N) is 2. The van der Waals surface area contributed by atoms with Gasteiger partial charge in [0.25, 0.3) is 6.09 Å². The SMILES string of the molecule is C[C@@H]1C[N+](C(=O)[O-])(C(C)(C)C)CCN1S(=O)(=O)c1ccc(Cl)cc1. The summed E-state index contributed by atoms with van der Waals surface area (Å²) in [6, 6.07) is 5.52. The molecule has 1 amide bonds. The Morgan fingerprint density at radius 3 is 2.25 bits per heavy atom. The predicted molar refractivity (Wildman–Crippen MR) is 89.9 cm³/mol. The molecule has 1 aromatic carbocycles. The number of hydrogen-bond donors (Lipinski definition) is 0. The van der Waals surface area contributed by atoms with Crippen molar-refractivity contribution >= 4 is 27.7 Å². The second kappa shape index (κ2) is 6.29. The fourth-order valence-corrected chi connectivity index (χ4v) is 5.01. The van der Waals surface area contributed by atoms with Crippen LogP contribution >= 0.6 is 11.6 Å². The molecule has 0 radical (unpaired) electrons. The topological polar surface area (TPSA) is 77.5 Å². The number of sulfonamides is 1. The van der Waals surface area contributed by atoms with Gasteiger partial charge in [0, 0.05) is 5.02 Å². The quantitative estimate of drug-likeness (QED) is 0.738. The lowest BCUT2D eigenvalue weighted by Gasteiger charge is -2.53. The van der Waals surface area contributed by atoms with Crippen LogP contribution in [0.1, 0.15) is 27.7 Å². The number of rotatable bonds is 2. The molecular weight excluding hydrogens is 352 g/mol. The molecule has 8 heteroatoms. The fourth-order valence-electron chi connectivity index (χ4n) is 3.27. The Bertz CT molecular complexity index is 727. The third kappa shape index (κ3) is 3.18. The predicted octanol–water partition coefficient (Wildman–Crippen LogP) is 1.69. The number of piperazine rings is 1. The van der Waals surface area contributed by atoms with Gasteiger partial charge in [0.1, 0.15) is 6.54 Å². The Morgan fingerprint density at radius 2 is 1.83 bits per heavy atom. The summed E-state index contributed by atoms with van der Waals surface area (Å²) in [5.74, 6) is 0. The highest BCUT2D eigenvalue weighted by molar-refractivity contribution is 7.89. The van der Waals surface area contributed by atoms with E-state index in [4.69, 9.17) is 11.6 Å². The van der Waals surface area contributed by atoms with Crippen molar-refractivity contribution in [2.45, 2.75) is 44.2 Å². The Morgan fingerprint density at radius 1 is 1.29 bits per heavy atom. The summed E-state index contributed by atoms with van der Waals surface area (Å²) in [5.41, 5.74) is -0.580. The van der Waals surface area contributed by atoms with Crippen molar-refractivity contribution < 1.29 is 22.8 Å². The average Bonchev–Trinajstić information content (AvgIpc) is 2.45. The van der Waals surface area contributed by atoms with Gasteiger partial charge < -0.3 is 9.90 Å². The molecule has 1 aliphatic rings. The molecule has 0 aromatic heterocycles. The Hall–Kier alpha value is -1.15. The number of carbonyl (C=O) groups excluding carboxylic acids is 1. The Kier molecular flexibility index (Phi) is 5.03. The minimum Gasteiger partial charge on any atom is -0.498 e. The largest absolute Gasteiger partial charge is 0.498 e. The molecule has 0 aliphatic carbocycles. The van der Waals surface area contributed by atoms with Gasteiger partial charge in [-0.1, -0.05) is 11.6 Å². The van der Waals surface area contributed by atoms with Crippen LogP contribution in [-0.2, 0) is 10.0 Å².